The number of likely N-dealkylation sites (tertiary alicyclic amines) is 1. The fourth-order valence-electron chi connectivity index (χ4n) is 3.05. The Morgan fingerprint density at radius 2 is 1.96 bits per heavy atom. The third kappa shape index (κ3) is 3.95. The van der Waals surface area contributed by atoms with Gasteiger partial charge >= 0.3 is 23.9 Å². The molecular formula is C16H20BrN5O4. The molecule has 3 rings (SSSR count). The Morgan fingerprint density at radius 1 is 1.23 bits per heavy atom. The quantitative estimate of drug-likeness (QED) is 0.667. The van der Waals surface area contributed by atoms with Crippen molar-refractivity contribution in [2.45, 2.75) is 25.9 Å². The van der Waals surface area contributed by atoms with Crippen LogP contribution in [0.5, 0.6) is 6.01 Å². The summed E-state index contributed by atoms with van der Waals surface area (Å²) >= 11 is 3.26. The Balaban J connectivity index is 1.62. The van der Waals surface area contributed by atoms with E-state index in [1.54, 1.807) is 24.2 Å². The van der Waals surface area contributed by atoms with Gasteiger partial charge in [0.1, 0.15) is 6.10 Å². The first kappa shape index (κ1) is 18.6. The van der Waals surface area contributed by atoms with E-state index in [-0.39, 0.29) is 18.7 Å². The van der Waals surface area contributed by atoms with Crippen LogP contribution in [-0.2, 0) is 9.59 Å². The molecule has 1 atom stereocenters. The fraction of sp³-hybridized carbons (Fsp3) is 0.562. The minimum absolute atomic E-state index is 0.217. The van der Waals surface area contributed by atoms with Gasteiger partial charge in [-0.3, -0.25) is 14.5 Å². The molecule has 1 aromatic heterocycles. The van der Waals surface area contributed by atoms with Crippen LogP contribution in [0.4, 0.5) is 4.79 Å². The number of nitrogens with zero attached hydrogens (tertiary/aromatic N) is 5. The number of ether oxygens (including phenoxy) is 1. The van der Waals surface area contributed by atoms with Crippen LogP contribution in [0, 0.1) is 0 Å². The van der Waals surface area contributed by atoms with E-state index in [0.29, 0.717) is 26.2 Å². The highest BCUT2D eigenvalue weighted by Crippen LogP contribution is 2.18. The lowest BCUT2D eigenvalue weighted by Gasteiger charge is -2.38. The number of carbonyl (C=O) groups excluding carboxylic acids is 3. The van der Waals surface area contributed by atoms with Crippen molar-refractivity contribution in [1.29, 1.82) is 0 Å². The van der Waals surface area contributed by atoms with E-state index in [1.807, 2.05) is 0 Å². The summed E-state index contributed by atoms with van der Waals surface area (Å²) in [5, 5.41) is 0. The minimum atomic E-state index is -0.762. The van der Waals surface area contributed by atoms with E-state index in [1.165, 1.54) is 4.90 Å². The molecule has 0 bridgehead atoms. The SMILES string of the molecule is CCN1CCN(C(=O)N2CCCC(Oc3ncc(Br)cn3)C2)C(=O)C1=O. The lowest BCUT2D eigenvalue weighted by atomic mass is 10.1. The molecule has 4 amide bonds. The highest BCUT2D eigenvalue weighted by atomic mass is 79.9. The molecule has 0 aliphatic carbocycles. The molecule has 0 aromatic carbocycles. The Labute approximate surface area is 159 Å². The number of hydrogen-bond donors (Lipinski definition) is 0. The summed E-state index contributed by atoms with van der Waals surface area (Å²) in [7, 11) is 0. The Bertz CT molecular complexity index is 698. The Hall–Kier alpha value is -2.23. The molecule has 0 saturated carbocycles. The molecule has 3 heterocycles. The number of carbonyl (C=O) groups is 3. The molecule has 2 saturated heterocycles. The van der Waals surface area contributed by atoms with Crippen molar-refractivity contribution in [2.75, 3.05) is 32.7 Å². The molecule has 10 heteroatoms. The van der Waals surface area contributed by atoms with Gasteiger partial charge < -0.3 is 14.5 Å². The summed E-state index contributed by atoms with van der Waals surface area (Å²) in [5.74, 6) is -1.39. The van der Waals surface area contributed by atoms with Crippen LogP contribution in [-0.4, -0.2) is 81.3 Å². The number of imide groups is 1. The zero-order valence-electron chi connectivity index (χ0n) is 14.4. The van der Waals surface area contributed by atoms with Gasteiger partial charge in [0, 0.05) is 38.6 Å². The average molecular weight is 426 g/mol. The smallest absolute Gasteiger partial charge is 0.327 e. The van der Waals surface area contributed by atoms with Crippen LogP contribution in [0.3, 0.4) is 0 Å². The summed E-state index contributed by atoms with van der Waals surface area (Å²) in [4.78, 5) is 49.1. The van der Waals surface area contributed by atoms with E-state index in [0.717, 1.165) is 22.2 Å². The van der Waals surface area contributed by atoms with Crippen LogP contribution in [0.15, 0.2) is 16.9 Å². The largest absolute Gasteiger partial charge is 0.458 e. The number of piperidine rings is 1. The number of urea groups is 1. The summed E-state index contributed by atoms with van der Waals surface area (Å²) in [6, 6.07) is -0.195. The van der Waals surface area contributed by atoms with Crippen molar-refractivity contribution in [3.05, 3.63) is 16.9 Å². The van der Waals surface area contributed by atoms with Crippen molar-refractivity contribution >= 4 is 33.8 Å². The van der Waals surface area contributed by atoms with Gasteiger partial charge in [-0.25, -0.2) is 14.8 Å². The molecular weight excluding hydrogens is 406 g/mol. The van der Waals surface area contributed by atoms with E-state index in [9.17, 15) is 14.4 Å². The van der Waals surface area contributed by atoms with E-state index in [2.05, 4.69) is 25.9 Å². The van der Waals surface area contributed by atoms with Crippen molar-refractivity contribution in [2.24, 2.45) is 0 Å². The lowest BCUT2D eigenvalue weighted by molar-refractivity contribution is -0.154. The molecule has 0 radical (unpaired) electrons. The maximum Gasteiger partial charge on any atom is 0.327 e. The molecule has 1 aromatic rings. The van der Waals surface area contributed by atoms with Crippen LogP contribution in [0.25, 0.3) is 0 Å². The van der Waals surface area contributed by atoms with E-state index < -0.39 is 17.8 Å². The monoisotopic (exact) mass is 425 g/mol. The minimum Gasteiger partial charge on any atom is -0.458 e. The van der Waals surface area contributed by atoms with Crippen molar-refractivity contribution in [3.63, 3.8) is 0 Å². The summed E-state index contributed by atoms with van der Waals surface area (Å²) in [5.41, 5.74) is 0. The lowest BCUT2D eigenvalue weighted by Crippen LogP contribution is -2.60. The van der Waals surface area contributed by atoms with Gasteiger partial charge in [0.15, 0.2) is 0 Å². The molecule has 2 aliphatic rings. The van der Waals surface area contributed by atoms with Crippen molar-refractivity contribution < 1.29 is 19.1 Å². The van der Waals surface area contributed by atoms with Crippen LogP contribution >= 0.6 is 15.9 Å². The molecule has 0 N–H and O–H groups in total. The highest BCUT2D eigenvalue weighted by molar-refractivity contribution is 9.10. The number of aromatic nitrogens is 2. The van der Waals surface area contributed by atoms with Gasteiger partial charge in [-0.1, -0.05) is 0 Å². The van der Waals surface area contributed by atoms with Gasteiger partial charge in [0.05, 0.1) is 11.0 Å². The Kier molecular flexibility index (Phi) is 5.70. The second-order valence-corrected chi connectivity index (χ2v) is 7.05. The predicted molar refractivity (Wildman–Crippen MR) is 94.3 cm³/mol. The zero-order chi connectivity index (χ0) is 18.7. The van der Waals surface area contributed by atoms with Gasteiger partial charge in [-0.2, -0.15) is 0 Å². The molecule has 140 valence electrons. The first-order chi connectivity index (χ1) is 12.5. The predicted octanol–water partition coefficient (Wildman–Crippen LogP) is 0.893. The number of halogens is 1. The van der Waals surface area contributed by atoms with Gasteiger partial charge in [0.25, 0.3) is 0 Å². The van der Waals surface area contributed by atoms with Crippen LogP contribution < -0.4 is 4.74 Å². The van der Waals surface area contributed by atoms with Crippen molar-refractivity contribution in [1.82, 2.24) is 24.7 Å². The molecule has 2 fully saturated rings. The summed E-state index contributed by atoms with van der Waals surface area (Å²) < 4.78 is 6.49. The number of piperazine rings is 1. The van der Waals surface area contributed by atoms with Gasteiger partial charge in [0.2, 0.25) is 0 Å². The summed E-state index contributed by atoms with van der Waals surface area (Å²) in [6.45, 7) is 3.70. The van der Waals surface area contributed by atoms with Gasteiger partial charge in [-0.05, 0) is 35.7 Å². The third-order valence-electron chi connectivity index (χ3n) is 4.44. The molecule has 1 unspecified atom stereocenters. The fourth-order valence-corrected chi connectivity index (χ4v) is 3.25. The number of rotatable bonds is 3. The van der Waals surface area contributed by atoms with Crippen molar-refractivity contribution in [3.8, 4) is 6.01 Å². The van der Waals surface area contributed by atoms with Crippen LogP contribution in [0.2, 0.25) is 0 Å². The second-order valence-electron chi connectivity index (χ2n) is 6.14. The standard InChI is InChI=1S/C16H20BrN5O4/c1-2-20-6-7-22(14(24)13(20)23)16(25)21-5-3-4-12(10-21)26-15-18-8-11(17)9-19-15/h8-9,12H,2-7,10H2,1H3. The average Bonchev–Trinajstić information content (AvgIpc) is 2.65. The van der Waals surface area contributed by atoms with E-state index >= 15 is 0 Å². The van der Waals surface area contributed by atoms with E-state index in [4.69, 9.17) is 4.74 Å². The maximum absolute atomic E-state index is 12.7. The normalized spacial score (nSPS) is 21.2. The molecule has 0 spiro atoms. The zero-order valence-corrected chi connectivity index (χ0v) is 16.0. The van der Waals surface area contributed by atoms with Crippen LogP contribution in [0.1, 0.15) is 19.8 Å². The molecule has 2 aliphatic heterocycles. The second kappa shape index (κ2) is 7.98. The third-order valence-corrected chi connectivity index (χ3v) is 4.85. The number of likely N-dealkylation sites (N-methyl/N-ethyl adjacent to an activating group) is 1. The first-order valence-electron chi connectivity index (χ1n) is 8.53. The maximum atomic E-state index is 12.7. The van der Waals surface area contributed by atoms with Gasteiger partial charge in [-0.15, -0.1) is 0 Å². The number of amides is 4. The highest BCUT2D eigenvalue weighted by Gasteiger charge is 2.38. The topological polar surface area (TPSA) is 95.9 Å². The molecule has 26 heavy (non-hydrogen) atoms. The first-order valence-corrected chi connectivity index (χ1v) is 9.32. The Morgan fingerprint density at radius 3 is 2.65 bits per heavy atom. The summed E-state index contributed by atoms with van der Waals surface area (Å²) in [6.07, 6.45) is 4.43. The molecule has 9 nitrogen and oxygen atoms in total. The number of hydrogen-bond acceptors (Lipinski definition) is 6.